The maximum absolute atomic E-state index is 13.1. The minimum Gasteiger partial charge on any atom is -0.497 e. The van der Waals surface area contributed by atoms with Crippen molar-refractivity contribution in [3.8, 4) is 5.75 Å². The summed E-state index contributed by atoms with van der Waals surface area (Å²) in [5.41, 5.74) is -0.801. The lowest BCUT2D eigenvalue weighted by Gasteiger charge is -2.49. The summed E-state index contributed by atoms with van der Waals surface area (Å²) in [6.45, 7) is 5.74. The molecule has 6 nitrogen and oxygen atoms in total. The molecule has 0 aromatic heterocycles. The summed E-state index contributed by atoms with van der Waals surface area (Å²) >= 11 is 0. The fourth-order valence-electron chi connectivity index (χ4n) is 6.30. The fraction of sp³-hybridized carbons (Fsp3) is 0.720. The van der Waals surface area contributed by atoms with Crippen molar-refractivity contribution in [3.63, 3.8) is 0 Å². The second-order valence-electron chi connectivity index (χ2n) is 9.52. The smallest absolute Gasteiger partial charge is 0.165 e. The van der Waals surface area contributed by atoms with E-state index in [1.807, 2.05) is 31.2 Å². The largest absolute Gasteiger partial charge is 0.497 e. The Hall–Kier alpha value is -1.47. The molecular formula is C25H36O6. The summed E-state index contributed by atoms with van der Waals surface area (Å²) in [6.07, 6.45) is 3.52. The molecular weight excluding hydrogens is 396 g/mol. The highest BCUT2D eigenvalue weighted by molar-refractivity contribution is 5.91. The highest BCUT2D eigenvalue weighted by Crippen LogP contribution is 2.64. The highest BCUT2D eigenvalue weighted by Gasteiger charge is 2.72. The van der Waals surface area contributed by atoms with Crippen molar-refractivity contribution in [2.24, 2.45) is 17.3 Å². The first-order valence-corrected chi connectivity index (χ1v) is 11.7. The molecule has 0 amide bonds. The van der Waals surface area contributed by atoms with Crippen LogP contribution in [0.3, 0.4) is 0 Å². The van der Waals surface area contributed by atoms with Gasteiger partial charge in [-0.2, -0.15) is 0 Å². The fourth-order valence-corrected chi connectivity index (χ4v) is 6.30. The molecule has 3 aliphatic rings. The van der Waals surface area contributed by atoms with Crippen LogP contribution in [0.15, 0.2) is 24.3 Å². The van der Waals surface area contributed by atoms with Crippen molar-refractivity contribution >= 4 is 5.78 Å². The molecule has 1 spiro atoms. The van der Waals surface area contributed by atoms with E-state index in [4.69, 9.17) is 18.9 Å². The van der Waals surface area contributed by atoms with Crippen LogP contribution in [0.5, 0.6) is 5.75 Å². The van der Waals surface area contributed by atoms with Crippen LogP contribution in [0.1, 0.15) is 57.9 Å². The van der Waals surface area contributed by atoms with Gasteiger partial charge in [0, 0.05) is 31.5 Å². The van der Waals surface area contributed by atoms with Crippen molar-refractivity contribution in [2.45, 2.75) is 77.0 Å². The number of carbonyl (C=O) groups excluding carboxylic acids is 1. The van der Waals surface area contributed by atoms with Crippen LogP contribution in [0.4, 0.5) is 0 Å². The van der Waals surface area contributed by atoms with Gasteiger partial charge in [-0.1, -0.05) is 19.1 Å². The number of ether oxygens (including phenoxy) is 4. The van der Waals surface area contributed by atoms with E-state index in [9.17, 15) is 9.90 Å². The molecule has 1 unspecified atom stereocenters. The molecule has 6 atom stereocenters. The summed E-state index contributed by atoms with van der Waals surface area (Å²) in [5, 5.41) is 11.8. The van der Waals surface area contributed by atoms with Crippen LogP contribution in [-0.2, 0) is 25.6 Å². The van der Waals surface area contributed by atoms with Crippen LogP contribution in [-0.4, -0.2) is 49.2 Å². The molecule has 3 fully saturated rings. The lowest BCUT2D eigenvalue weighted by Crippen LogP contribution is -2.57. The Labute approximate surface area is 185 Å². The summed E-state index contributed by atoms with van der Waals surface area (Å²) in [4.78, 5) is 13.1. The van der Waals surface area contributed by atoms with Gasteiger partial charge in [0.2, 0.25) is 0 Å². The minimum absolute atomic E-state index is 0.0208. The van der Waals surface area contributed by atoms with Gasteiger partial charge in [0.15, 0.2) is 12.1 Å². The van der Waals surface area contributed by atoms with Crippen LogP contribution >= 0.6 is 0 Å². The number of hydrogen-bond donors (Lipinski definition) is 1. The van der Waals surface area contributed by atoms with Crippen molar-refractivity contribution in [3.05, 3.63) is 29.8 Å². The van der Waals surface area contributed by atoms with E-state index in [1.54, 1.807) is 7.11 Å². The number of aliphatic hydroxyl groups is 1. The number of Topliss-reactive ketones (excluding diaryl/α,β-unsaturated/α-hetero) is 1. The third-order valence-electron chi connectivity index (χ3n) is 7.70. The van der Waals surface area contributed by atoms with Gasteiger partial charge in [0.05, 0.1) is 19.8 Å². The molecule has 1 aromatic rings. The average Bonchev–Trinajstić information content (AvgIpc) is 3.22. The van der Waals surface area contributed by atoms with Gasteiger partial charge in [-0.15, -0.1) is 0 Å². The van der Waals surface area contributed by atoms with Crippen molar-refractivity contribution in [1.82, 2.24) is 0 Å². The monoisotopic (exact) mass is 432 g/mol. The van der Waals surface area contributed by atoms with Crippen molar-refractivity contribution < 1.29 is 28.8 Å². The second-order valence-corrected chi connectivity index (χ2v) is 9.52. The zero-order chi connectivity index (χ0) is 22.1. The summed E-state index contributed by atoms with van der Waals surface area (Å²) in [5.74, 6) is 1.46. The standard InChI is InChI=1S/C25H36O6/c1-4-30-23-15-24-19(12-17(2)13-22(24)31-23)14-21(26)25(24,27)10-5-11-29-16-18-6-8-20(28-3)9-7-18/h6-9,17,19,22-23,27H,4-5,10-16H2,1-3H3/t17-,19+,22-,23?,24-,25+/m1/s1. The molecule has 2 aliphatic carbocycles. The lowest BCUT2D eigenvalue weighted by molar-refractivity contribution is -0.171. The Morgan fingerprint density at radius 2 is 2.00 bits per heavy atom. The molecule has 172 valence electrons. The summed E-state index contributed by atoms with van der Waals surface area (Å²) < 4.78 is 23.1. The van der Waals surface area contributed by atoms with Crippen molar-refractivity contribution in [2.75, 3.05) is 20.3 Å². The van der Waals surface area contributed by atoms with Crippen LogP contribution in [0.2, 0.25) is 0 Å². The van der Waals surface area contributed by atoms with Crippen LogP contribution in [0.25, 0.3) is 0 Å². The van der Waals surface area contributed by atoms with E-state index >= 15 is 0 Å². The van der Waals surface area contributed by atoms with E-state index < -0.39 is 11.0 Å². The quantitative estimate of drug-likeness (QED) is 0.597. The van der Waals surface area contributed by atoms with Gasteiger partial charge >= 0.3 is 0 Å². The molecule has 0 bridgehead atoms. The molecule has 0 radical (unpaired) electrons. The first-order valence-electron chi connectivity index (χ1n) is 11.7. The number of methoxy groups -OCH3 is 1. The summed E-state index contributed by atoms with van der Waals surface area (Å²) in [6, 6.07) is 7.79. The van der Waals surface area contributed by atoms with E-state index in [-0.39, 0.29) is 24.1 Å². The van der Waals surface area contributed by atoms with Gasteiger partial charge in [0.1, 0.15) is 11.4 Å². The molecule has 1 N–H and O–H groups in total. The predicted molar refractivity (Wildman–Crippen MR) is 116 cm³/mol. The zero-order valence-corrected chi connectivity index (χ0v) is 19.0. The van der Waals surface area contributed by atoms with E-state index in [0.29, 0.717) is 51.4 Å². The predicted octanol–water partition coefficient (Wildman–Crippen LogP) is 3.88. The SMILES string of the molecule is CCOC1C[C@]23[C@H](CC(=O)[C@@]2(O)CCCOCc2ccc(OC)cc2)C[C@@H](C)C[C@H]3O1. The third kappa shape index (κ3) is 4.04. The Balaban J connectivity index is 1.39. The molecule has 6 heteroatoms. The molecule has 2 saturated carbocycles. The second kappa shape index (κ2) is 9.18. The van der Waals surface area contributed by atoms with Gasteiger partial charge in [0.25, 0.3) is 0 Å². The zero-order valence-electron chi connectivity index (χ0n) is 19.0. The number of carbonyl (C=O) groups is 1. The first-order chi connectivity index (χ1) is 14.9. The van der Waals surface area contributed by atoms with E-state index in [2.05, 4.69) is 6.92 Å². The Kier molecular flexibility index (Phi) is 6.73. The topological polar surface area (TPSA) is 74.2 Å². The van der Waals surface area contributed by atoms with Crippen LogP contribution < -0.4 is 4.74 Å². The first kappa shape index (κ1) is 22.7. The third-order valence-corrected chi connectivity index (χ3v) is 7.70. The number of benzene rings is 1. The summed E-state index contributed by atoms with van der Waals surface area (Å²) in [7, 11) is 1.65. The maximum Gasteiger partial charge on any atom is 0.165 e. The van der Waals surface area contributed by atoms with Gasteiger partial charge in [-0.25, -0.2) is 0 Å². The molecule has 1 aliphatic heterocycles. The van der Waals surface area contributed by atoms with Crippen LogP contribution in [0, 0.1) is 17.3 Å². The average molecular weight is 433 g/mol. The molecule has 1 heterocycles. The van der Waals surface area contributed by atoms with Gasteiger partial charge in [-0.3, -0.25) is 4.79 Å². The number of rotatable bonds is 9. The maximum atomic E-state index is 13.1. The Morgan fingerprint density at radius 1 is 1.23 bits per heavy atom. The van der Waals surface area contributed by atoms with E-state index in [1.165, 1.54) is 0 Å². The molecule has 1 saturated heterocycles. The molecule has 4 rings (SSSR count). The number of hydrogen-bond acceptors (Lipinski definition) is 6. The highest BCUT2D eigenvalue weighted by atomic mass is 16.7. The normalized spacial score (nSPS) is 37.0. The number of ketones is 1. The minimum atomic E-state index is -1.35. The molecule has 1 aromatic carbocycles. The van der Waals surface area contributed by atoms with Gasteiger partial charge < -0.3 is 24.1 Å². The van der Waals surface area contributed by atoms with Crippen molar-refractivity contribution in [1.29, 1.82) is 0 Å². The lowest BCUT2D eigenvalue weighted by atomic mass is 9.57. The Bertz CT molecular complexity index is 764. The van der Waals surface area contributed by atoms with E-state index in [0.717, 1.165) is 24.2 Å². The Morgan fingerprint density at radius 3 is 2.71 bits per heavy atom. The van der Waals surface area contributed by atoms with Gasteiger partial charge in [-0.05, 0) is 62.1 Å². The molecule has 31 heavy (non-hydrogen) atoms.